The zero-order chi connectivity index (χ0) is 8.55. The Bertz CT molecular complexity index is 306. The van der Waals surface area contributed by atoms with E-state index in [1.807, 2.05) is 6.20 Å². The van der Waals surface area contributed by atoms with Gasteiger partial charge in [0.2, 0.25) is 0 Å². The maximum absolute atomic E-state index is 4.37. The molecule has 0 atom stereocenters. The van der Waals surface area contributed by atoms with Crippen LogP contribution in [0.3, 0.4) is 0 Å². The summed E-state index contributed by atoms with van der Waals surface area (Å²) in [4.78, 5) is 0. The minimum absolute atomic E-state index is 0.577. The molecular formula is C9H11IN2. The Balaban J connectivity index is 2.28. The molecule has 2 nitrogen and oxygen atoms in total. The highest BCUT2D eigenvalue weighted by molar-refractivity contribution is 14.1. The second-order valence-corrected chi connectivity index (χ2v) is 4.28. The molecule has 0 unspecified atom stereocenters. The lowest BCUT2D eigenvalue weighted by Crippen LogP contribution is -2.08. The summed E-state index contributed by atoms with van der Waals surface area (Å²) in [5, 5.41) is 4.37. The first-order valence-corrected chi connectivity index (χ1v) is 5.21. The van der Waals surface area contributed by atoms with Crippen LogP contribution >= 0.6 is 22.6 Å². The van der Waals surface area contributed by atoms with Gasteiger partial charge in [0.05, 0.1) is 15.8 Å². The largest absolute Gasteiger partial charge is 0.265 e. The third kappa shape index (κ3) is 1.30. The molecule has 0 spiro atoms. The minimum Gasteiger partial charge on any atom is -0.265 e. The smallest absolute Gasteiger partial charge is 0.0626 e. The lowest BCUT2D eigenvalue weighted by molar-refractivity contribution is 0.470. The summed E-state index contributed by atoms with van der Waals surface area (Å²) in [6, 6.07) is 0.577. The summed E-state index contributed by atoms with van der Waals surface area (Å²) in [6.45, 7) is 2.13. The number of nitrogens with zero attached hydrogens (tertiary/aromatic N) is 2. The van der Waals surface area contributed by atoms with Crippen LogP contribution in [-0.4, -0.2) is 9.78 Å². The molecular weight excluding hydrogens is 263 g/mol. The quantitative estimate of drug-likeness (QED) is 0.568. The summed E-state index contributed by atoms with van der Waals surface area (Å²) >= 11 is 2.33. The molecule has 1 heterocycles. The summed E-state index contributed by atoms with van der Waals surface area (Å²) in [5.74, 6) is 0. The van der Waals surface area contributed by atoms with E-state index in [-0.39, 0.29) is 0 Å². The van der Waals surface area contributed by atoms with Crippen molar-refractivity contribution in [3.8, 4) is 0 Å². The van der Waals surface area contributed by atoms with Crippen LogP contribution in [0.1, 0.15) is 24.6 Å². The molecule has 0 saturated carbocycles. The van der Waals surface area contributed by atoms with Crippen LogP contribution in [0.15, 0.2) is 18.3 Å². The highest BCUT2D eigenvalue weighted by Crippen LogP contribution is 2.25. The molecule has 64 valence electrons. The molecule has 0 fully saturated rings. The van der Waals surface area contributed by atoms with E-state index in [4.69, 9.17) is 0 Å². The van der Waals surface area contributed by atoms with Gasteiger partial charge in [-0.2, -0.15) is 5.10 Å². The second kappa shape index (κ2) is 3.20. The number of hydrogen-bond acceptors (Lipinski definition) is 1. The van der Waals surface area contributed by atoms with Crippen molar-refractivity contribution >= 4 is 22.6 Å². The van der Waals surface area contributed by atoms with Crippen LogP contribution in [0.2, 0.25) is 0 Å². The highest BCUT2D eigenvalue weighted by atomic mass is 127. The normalized spacial score (nSPS) is 17.5. The molecule has 1 aromatic heterocycles. The SMILES string of the molecule is Cc1c(I)cnn1C1CC=CC1. The van der Waals surface area contributed by atoms with E-state index in [9.17, 15) is 0 Å². The van der Waals surface area contributed by atoms with Gasteiger partial charge in [0.1, 0.15) is 0 Å². The van der Waals surface area contributed by atoms with Crippen molar-refractivity contribution in [1.29, 1.82) is 0 Å². The fourth-order valence-corrected chi connectivity index (χ4v) is 1.94. The summed E-state index contributed by atoms with van der Waals surface area (Å²) in [6.07, 6.45) is 8.68. The number of hydrogen-bond donors (Lipinski definition) is 0. The first kappa shape index (κ1) is 8.29. The second-order valence-electron chi connectivity index (χ2n) is 3.12. The van der Waals surface area contributed by atoms with Crippen LogP contribution in [-0.2, 0) is 0 Å². The molecule has 0 amide bonds. The van der Waals surface area contributed by atoms with Crippen molar-refractivity contribution in [1.82, 2.24) is 9.78 Å². The van der Waals surface area contributed by atoms with E-state index < -0.39 is 0 Å². The van der Waals surface area contributed by atoms with Crippen LogP contribution in [0.4, 0.5) is 0 Å². The lowest BCUT2D eigenvalue weighted by atomic mass is 10.2. The molecule has 3 heteroatoms. The van der Waals surface area contributed by atoms with Crippen molar-refractivity contribution in [2.75, 3.05) is 0 Å². The van der Waals surface area contributed by atoms with E-state index >= 15 is 0 Å². The minimum atomic E-state index is 0.577. The monoisotopic (exact) mass is 274 g/mol. The molecule has 0 radical (unpaired) electrons. The van der Waals surface area contributed by atoms with Gasteiger partial charge in [0, 0.05) is 5.69 Å². The van der Waals surface area contributed by atoms with E-state index in [1.54, 1.807) is 0 Å². The summed E-state index contributed by atoms with van der Waals surface area (Å²) < 4.78 is 3.40. The van der Waals surface area contributed by atoms with Crippen LogP contribution < -0.4 is 0 Å². The Morgan fingerprint density at radius 3 is 2.67 bits per heavy atom. The fourth-order valence-electron chi connectivity index (χ4n) is 1.57. The molecule has 2 rings (SSSR count). The molecule has 0 aromatic carbocycles. The van der Waals surface area contributed by atoms with E-state index in [0.717, 1.165) is 12.8 Å². The van der Waals surface area contributed by atoms with Crippen molar-refractivity contribution in [2.45, 2.75) is 25.8 Å². The van der Waals surface area contributed by atoms with Crippen molar-refractivity contribution < 1.29 is 0 Å². The van der Waals surface area contributed by atoms with Gasteiger partial charge >= 0.3 is 0 Å². The summed E-state index contributed by atoms with van der Waals surface area (Å²) in [5.41, 5.74) is 1.30. The van der Waals surface area contributed by atoms with Crippen LogP contribution in [0.25, 0.3) is 0 Å². The Hall–Kier alpha value is -0.320. The first-order valence-electron chi connectivity index (χ1n) is 4.13. The van der Waals surface area contributed by atoms with Gasteiger partial charge in [0.15, 0.2) is 0 Å². The average molecular weight is 274 g/mol. The summed E-state index contributed by atoms with van der Waals surface area (Å²) in [7, 11) is 0. The van der Waals surface area contributed by atoms with Gasteiger partial charge in [-0.25, -0.2) is 0 Å². The zero-order valence-electron chi connectivity index (χ0n) is 7.00. The van der Waals surface area contributed by atoms with Crippen LogP contribution in [0, 0.1) is 10.5 Å². The van der Waals surface area contributed by atoms with Crippen molar-refractivity contribution in [3.05, 3.63) is 27.6 Å². The van der Waals surface area contributed by atoms with E-state index in [2.05, 4.69) is 51.4 Å². The highest BCUT2D eigenvalue weighted by Gasteiger charge is 2.15. The van der Waals surface area contributed by atoms with Gasteiger partial charge in [-0.15, -0.1) is 0 Å². The third-order valence-corrected chi connectivity index (χ3v) is 3.37. The van der Waals surface area contributed by atoms with Gasteiger partial charge < -0.3 is 0 Å². The molecule has 0 saturated heterocycles. The maximum Gasteiger partial charge on any atom is 0.0626 e. The molecule has 1 aromatic rings. The van der Waals surface area contributed by atoms with Crippen LogP contribution in [0.5, 0.6) is 0 Å². The Labute approximate surface area is 85.8 Å². The molecule has 1 aliphatic carbocycles. The number of halogens is 1. The van der Waals surface area contributed by atoms with Crippen molar-refractivity contribution in [3.63, 3.8) is 0 Å². The van der Waals surface area contributed by atoms with Crippen molar-refractivity contribution in [2.24, 2.45) is 0 Å². The Morgan fingerprint density at radius 1 is 1.50 bits per heavy atom. The van der Waals surface area contributed by atoms with Gasteiger partial charge in [0.25, 0.3) is 0 Å². The molecule has 12 heavy (non-hydrogen) atoms. The van der Waals surface area contributed by atoms with Gasteiger partial charge in [-0.1, -0.05) is 12.2 Å². The Kier molecular flexibility index (Phi) is 2.21. The maximum atomic E-state index is 4.37. The topological polar surface area (TPSA) is 17.8 Å². The number of aromatic nitrogens is 2. The number of rotatable bonds is 1. The third-order valence-electron chi connectivity index (χ3n) is 2.31. The fraction of sp³-hybridized carbons (Fsp3) is 0.444. The first-order chi connectivity index (χ1) is 5.79. The molecule has 1 aliphatic rings. The molecule has 0 aliphatic heterocycles. The number of allylic oxidation sites excluding steroid dienone is 2. The zero-order valence-corrected chi connectivity index (χ0v) is 9.15. The predicted octanol–water partition coefficient (Wildman–Crippen LogP) is 2.69. The van der Waals surface area contributed by atoms with E-state index in [1.165, 1.54) is 9.26 Å². The standard InChI is InChI=1S/C9H11IN2/c1-7-9(10)6-11-12(7)8-4-2-3-5-8/h2-3,6,8H,4-5H2,1H3. The van der Waals surface area contributed by atoms with E-state index in [0.29, 0.717) is 6.04 Å². The Morgan fingerprint density at radius 2 is 2.17 bits per heavy atom. The van der Waals surface area contributed by atoms with Gasteiger partial charge in [-0.3, -0.25) is 4.68 Å². The predicted molar refractivity (Wildman–Crippen MR) is 57.1 cm³/mol. The average Bonchev–Trinajstić information content (AvgIpc) is 2.64. The molecule has 0 N–H and O–H groups in total. The molecule has 0 bridgehead atoms. The van der Waals surface area contributed by atoms with Gasteiger partial charge in [-0.05, 0) is 42.4 Å². The lowest BCUT2D eigenvalue weighted by Gasteiger charge is -2.11.